The molecule has 3 nitrogen and oxygen atoms in total. The van der Waals surface area contributed by atoms with E-state index in [1.807, 2.05) is 6.92 Å². The molecule has 0 aromatic heterocycles. The van der Waals surface area contributed by atoms with E-state index < -0.39 is 0 Å². The fourth-order valence-electron chi connectivity index (χ4n) is 2.67. The maximum Gasteiger partial charge on any atom is 0.164 e. The molecular formula is C14H21NO2. The number of aryl methyl sites for hydroxylation is 1. The van der Waals surface area contributed by atoms with Gasteiger partial charge in [-0.15, -0.1) is 0 Å². The van der Waals surface area contributed by atoms with Crippen LogP contribution in [0.3, 0.4) is 0 Å². The van der Waals surface area contributed by atoms with Crippen LogP contribution in [0, 0.1) is 13.8 Å². The van der Waals surface area contributed by atoms with E-state index in [1.54, 1.807) is 7.11 Å². The van der Waals surface area contributed by atoms with Crippen molar-refractivity contribution in [2.24, 2.45) is 0 Å². The summed E-state index contributed by atoms with van der Waals surface area (Å²) in [5.41, 5.74) is 2.99. The lowest BCUT2D eigenvalue weighted by Gasteiger charge is -2.28. The molecule has 0 spiro atoms. The second-order valence-corrected chi connectivity index (χ2v) is 5.11. The highest BCUT2D eigenvalue weighted by Crippen LogP contribution is 2.43. The standard InChI is InChI=1S/C14H21NO2/c1-9-8-11(14(3)6-5-7-15-14)12(16)13(17-4)10(9)2/h8,15-16H,5-7H2,1-4H3. The molecule has 0 saturated carbocycles. The van der Waals surface area contributed by atoms with Crippen molar-refractivity contribution in [3.05, 3.63) is 22.8 Å². The average Bonchev–Trinajstić information content (AvgIpc) is 2.72. The Morgan fingerprint density at radius 3 is 2.65 bits per heavy atom. The minimum atomic E-state index is -0.129. The molecule has 17 heavy (non-hydrogen) atoms. The van der Waals surface area contributed by atoms with E-state index in [2.05, 4.69) is 25.2 Å². The van der Waals surface area contributed by atoms with E-state index in [-0.39, 0.29) is 11.3 Å². The van der Waals surface area contributed by atoms with Gasteiger partial charge in [0.15, 0.2) is 11.5 Å². The second-order valence-electron chi connectivity index (χ2n) is 5.11. The minimum absolute atomic E-state index is 0.129. The molecule has 2 rings (SSSR count). The Balaban J connectivity index is 2.58. The summed E-state index contributed by atoms with van der Waals surface area (Å²) in [6.45, 7) is 7.18. The predicted octanol–water partition coefficient (Wildman–Crippen LogP) is 2.62. The molecule has 1 atom stereocenters. The molecule has 1 aromatic rings. The molecule has 2 N–H and O–H groups in total. The SMILES string of the molecule is COc1c(C)c(C)cc(C2(C)CCCN2)c1O. The number of hydrogen-bond acceptors (Lipinski definition) is 3. The van der Waals surface area contributed by atoms with Crippen LogP contribution in [0.5, 0.6) is 11.5 Å². The van der Waals surface area contributed by atoms with Gasteiger partial charge in [0.05, 0.1) is 7.11 Å². The average molecular weight is 235 g/mol. The van der Waals surface area contributed by atoms with Gasteiger partial charge in [-0.25, -0.2) is 0 Å². The molecule has 0 aliphatic carbocycles. The summed E-state index contributed by atoms with van der Waals surface area (Å²) in [4.78, 5) is 0. The van der Waals surface area contributed by atoms with Gasteiger partial charge in [-0.05, 0) is 57.4 Å². The van der Waals surface area contributed by atoms with Gasteiger partial charge in [0.1, 0.15) is 0 Å². The Labute approximate surface area is 103 Å². The third kappa shape index (κ3) is 1.89. The van der Waals surface area contributed by atoms with Crippen LogP contribution in [-0.4, -0.2) is 18.8 Å². The van der Waals surface area contributed by atoms with Crippen LogP contribution in [0.25, 0.3) is 0 Å². The first-order chi connectivity index (χ1) is 7.99. The van der Waals surface area contributed by atoms with Crippen molar-refractivity contribution in [3.8, 4) is 11.5 Å². The zero-order valence-electron chi connectivity index (χ0n) is 11.1. The lowest BCUT2D eigenvalue weighted by Crippen LogP contribution is -2.33. The van der Waals surface area contributed by atoms with Crippen LogP contribution in [0.1, 0.15) is 36.5 Å². The normalized spacial score (nSPS) is 24.0. The van der Waals surface area contributed by atoms with Crippen LogP contribution >= 0.6 is 0 Å². The van der Waals surface area contributed by atoms with Crippen molar-refractivity contribution in [1.29, 1.82) is 0 Å². The first-order valence-electron chi connectivity index (χ1n) is 6.12. The number of phenols is 1. The van der Waals surface area contributed by atoms with E-state index in [0.717, 1.165) is 36.1 Å². The Bertz CT molecular complexity index is 434. The van der Waals surface area contributed by atoms with Crippen molar-refractivity contribution in [3.63, 3.8) is 0 Å². The highest BCUT2D eigenvalue weighted by molar-refractivity contribution is 5.56. The van der Waals surface area contributed by atoms with Gasteiger partial charge in [-0.1, -0.05) is 0 Å². The molecular weight excluding hydrogens is 214 g/mol. The predicted molar refractivity (Wildman–Crippen MR) is 68.7 cm³/mol. The lowest BCUT2D eigenvalue weighted by atomic mass is 9.87. The van der Waals surface area contributed by atoms with E-state index in [0.29, 0.717) is 5.75 Å². The molecule has 0 amide bonds. The Hall–Kier alpha value is -1.22. The van der Waals surface area contributed by atoms with Gasteiger partial charge in [-0.3, -0.25) is 0 Å². The van der Waals surface area contributed by atoms with Crippen LogP contribution < -0.4 is 10.1 Å². The molecule has 1 aliphatic rings. The largest absolute Gasteiger partial charge is 0.504 e. The smallest absolute Gasteiger partial charge is 0.164 e. The number of hydrogen-bond donors (Lipinski definition) is 2. The summed E-state index contributed by atoms with van der Waals surface area (Å²) in [6, 6.07) is 2.07. The molecule has 94 valence electrons. The van der Waals surface area contributed by atoms with Gasteiger partial charge < -0.3 is 15.2 Å². The first kappa shape index (κ1) is 12.2. The fraction of sp³-hybridized carbons (Fsp3) is 0.571. The van der Waals surface area contributed by atoms with E-state index >= 15 is 0 Å². The minimum Gasteiger partial charge on any atom is -0.504 e. The number of nitrogens with one attached hydrogen (secondary N) is 1. The summed E-state index contributed by atoms with van der Waals surface area (Å²) in [7, 11) is 1.61. The van der Waals surface area contributed by atoms with Crippen molar-refractivity contribution < 1.29 is 9.84 Å². The molecule has 3 heteroatoms. The summed E-state index contributed by atoms with van der Waals surface area (Å²) in [6.07, 6.45) is 2.19. The van der Waals surface area contributed by atoms with Crippen molar-refractivity contribution in [2.75, 3.05) is 13.7 Å². The third-order valence-corrected chi connectivity index (χ3v) is 3.93. The number of phenolic OH excluding ortho intramolecular Hbond substituents is 1. The van der Waals surface area contributed by atoms with Gasteiger partial charge in [0, 0.05) is 11.1 Å². The summed E-state index contributed by atoms with van der Waals surface area (Å²) >= 11 is 0. The van der Waals surface area contributed by atoms with Gasteiger partial charge in [0.25, 0.3) is 0 Å². The zero-order chi connectivity index (χ0) is 12.6. The molecule has 1 saturated heterocycles. The van der Waals surface area contributed by atoms with E-state index in [9.17, 15) is 5.11 Å². The maximum atomic E-state index is 10.4. The number of ether oxygens (including phenoxy) is 1. The molecule has 1 aromatic carbocycles. The number of methoxy groups -OCH3 is 1. The molecule has 1 aliphatic heterocycles. The number of aromatic hydroxyl groups is 1. The van der Waals surface area contributed by atoms with Gasteiger partial charge in [-0.2, -0.15) is 0 Å². The maximum absolute atomic E-state index is 10.4. The quantitative estimate of drug-likeness (QED) is 0.828. The van der Waals surface area contributed by atoms with Crippen LogP contribution in [0.4, 0.5) is 0 Å². The highest BCUT2D eigenvalue weighted by atomic mass is 16.5. The summed E-state index contributed by atoms with van der Waals surface area (Å²) in [5.74, 6) is 0.891. The molecule has 1 fully saturated rings. The summed E-state index contributed by atoms with van der Waals surface area (Å²) < 4.78 is 5.32. The van der Waals surface area contributed by atoms with E-state index in [1.165, 1.54) is 0 Å². The number of benzene rings is 1. The Kier molecular flexibility index (Phi) is 3.04. The topological polar surface area (TPSA) is 41.5 Å². The highest BCUT2D eigenvalue weighted by Gasteiger charge is 2.34. The molecule has 1 unspecified atom stereocenters. The Morgan fingerprint density at radius 1 is 1.41 bits per heavy atom. The van der Waals surface area contributed by atoms with Crippen LogP contribution in [-0.2, 0) is 5.54 Å². The van der Waals surface area contributed by atoms with Crippen LogP contribution in [0.15, 0.2) is 6.07 Å². The first-order valence-corrected chi connectivity index (χ1v) is 6.12. The molecule has 0 bridgehead atoms. The lowest BCUT2D eigenvalue weighted by molar-refractivity contribution is 0.348. The van der Waals surface area contributed by atoms with Crippen LogP contribution in [0.2, 0.25) is 0 Å². The molecule has 1 heterocycles. The Morgan fingerprint density at radius 2 is 2.12 bits per heavy atom. The van der Waals surface area contributed by atoms with E-state index in [4.69, 9.17) is 4.74 Å². The van der Waals surface area contributed by atoms with Crippen molar-refractivity contribution in [1.82, 2.24) is 5.32 Å². The summed E-state index contributed by atoms with van der Waals surface area (Å²) in [5, 5.41) is 13.8. The van der Waals surface area contributed by atoms with Gasteiger partial charge in [0.2, 0.25) is 0 Å². The van der Waals surface area contributed by atoms with Crippen molar-refractivity contribution >= 4 is 0 Å². The zero-order valence-corrected chi connectivity index (χ0v) is 11.1. The molecule has 0 radical (unpaired) electrons. The van der Waals surface area contributed by atoms with Gasteiger partial charge >= 0.3 is 0 Å². The number of rotatable bonds is 2. The van der Waals surface area contributed by atoms with Crippen molar-refractivity contribution in [2.45, 2.75) is 39.2 Å². The monoisotopic (exact) mass is 235 g/mol. The second kappa shape index (κ2) is 4.22. The third-order valence-electron chi connectivity index (χ3n) is 3.93. The fourth-order valence-corrected chi connectivity index (χ4v) is 2.67.